The third kappa shape index (κ3) is 4.17. The van der Waals surface area contributed by atoms with Gasteiger partial charge in [-0.3, -0.25) is 14.4 Å². The van der Waals surface area contributed by atoms with Crippen LogP contribution < -0.4 is 5.56 Å². The lowest BCUT2D eigenvalue weighted by molar-refractivity contribution is -0.143. The SMILES string of the molecule is CC(CN(C(=O)Cn1cc(Br)ccc1=O)C1CC1)C(=O)O. The van der Waals surface area contributed by atoms with Crippen molar-refractivity contribution in [2.75, 3.05) is 6.54 Å². The lowest BCUT2D eigenvalue weighted by Crippen LogP contribution is -2.41. The van der Waals surface area contributed by atoms with Crippen LogP contribution in [0.4, 0.5) is 0 Å². The highest BCUT2D eigenvalue weighted by Crippen LogP contribution is 2.28. The smallest absolute Gasteiger partial charge is 0.308 e. The molecule has 1 aliphatic carbocycles. The van der Waals surface area contributed by atoms with E-state index in [0.717, 1.165) is 12.8 Å². The number of halogens is 1. The highest BCUT2D eigenvalue weighted by molar-refractivity contribution is 9.10. The number of hydrogen-bond acceptors (Lipinski definition) is 3. The summed E-state index contributed by atoms with van der Waals surface area (Å²) in [4.78, 5) is 36.6. The van der Waals surface area contributed by atoms with Gasteiger partial charge in [-0.1, -0.05) is 6.92 Å². The summed E-state index contributed by atoms with van der Waals surface area (Å²) < 4.78 is 2.04. The molecule has 1 fully saturated rings. The van der Waals surface area contributed by atoms with E-state index in [4.69, 9.17) is 5.11 Å². The van der Waals surface area contributed by atoms with Crippen molar-refractivity contribution in [3.05, 3.63) is 33.2 Å². The maximum absolute atomic E-state index is 12.4. The van der Waals surface area contributed by atoms with Crippen molar-refractivity contribution in [3.8, 4) is 0 Å². The second-order valence-corrected chi connectivity index (χ2v) is 6.25. The van der Waals surface area contributed by atoms with Gasteiger partial charge in [0.1, 0.15) is 6.54 Å². The number of carbonyl (C=O) groups excluding carboxylic acids is 1. The number of amides is 1. The zero-order chi connectivity index (χ0) is 15.6. The van der Waals surface area contributed by atoms with Crippen LogP contribution in [0.2, 0.25) is 0 Å². The Bertz CT molecular complexity index is 609. The van der Waals surface area contributed by atoms with Gasteiger partial charge >= 0.3 is 5.97 Å². The number of carboxylic acids is 1. The molecule has 1 atom stereocenters. The number of carboxylic acid groups (broad SMARTS) is 1. The maximum atomic E-state index is 12.4. The topological polar surface area (TPSA) is 79.6 Å². The predicted molar refractivity (Wildman–Crippen MR) is 79.9 cm³/mol. The molecule has 0 spiro atoms. The first-order valence-electron chi connectivity index (χ1n) is 6.76. The van der Waals surface area contributed by atoms with E-state index in [0.29, 0.717) is 4.47 Å². The van der Waals surface area contributed by atoms with Crippen molar-refractivity contribution in [1.29, 1.82) is 0 Å². The van der Waals surface area contributed by atoms with E-state index in [1.807, 2.05) is 0 Å². The van der Waals surface area contributed by atoms with Gasteiger partial charge in [0.25, 0.3) is 5.56 Å². The summed E-state index contributed by atoms with van der Waals surface area (Å²) in [5.41, 5.74) is -0.256. The van der Waals surface area contributed by atoms with Gasteiger partial charge in [-0.15, -0.1) is 0 Å². The van der Waals surface area contributed by atoms with Gasteiger partial charge in [-0.2, -0.15) is 0 Å². The van der Waals surface area contributed by atoms with Crippen LogP contribution in [0, 0.1) is 5.92 Å². The van der Waals surface area contributed by atoms with E-state index in [-0.39, 0.29) is 30.6 Å². The van der Waals surface area contributed by atoms with Crippen LogP contribution >= 0.6 is 15.9 Å². The van der Waals surface area contributed by atoms with Gasteiger partial charge in [-0.05, 0) is 34.8 Å². The highest BCUT2D eigenvalue weighted by Gasteiger charge is 2.34. The second kappa shape index (κ2) is 6.43. The summed E-state index contributed by atoms with van der Waals surface area (Å²) in [7, 11) is 0. The average Bonchev–Trinajstić information content (AvgIpc) is 3.24. The van der Waals surface area contributed by atoms with E-state index in [9.17, 15) is 14.4 Å². The monoisotopic (exact) mass is 356 g/mol. The molecule has 21 heavy (non-hydrogen) atoms. The number of pyridine rings is 1. The molecule has 0 bridgehead atoms. The zero-order valence-corrected chi connectivity index (χ0v) is 13.2. The largest absolute Gasteiger partial charge is 0.481 e. The van der Waals surface area contributed by atoms with Gasteiger partial charge in [0.05, 0.1) is 5.92 Å². The minimum absolute atomic E-state index is 0.0683. The fraction of sp³-hybridized carbons (Fsp3) is 0.500. The average molecular weight is 357 g/mol. The summed E-state index contributed by atoms with van der Waals surface area (Å²) >= 11 is 3.26. The summed E-state index contributed by atoms with van der Waals surface area (Å²) in [6.07, 6.45) is 3.35. The van der Waals surface area contributed by atoms with Crippen LogP contribution in [0.1, 0.15) is 19.8 Å². The van der Waals surface area contributed by atoms with Crippen LogP contribution in [0.5, 0.6) is 0 Å². The van der Waals surface area contributed by atoms with E-state index in [1.165, 1.54) is 10.6 Å². The van der Waals surface area contributed by atoms with Gasteiger partial charge in [0.2, 0.25) is 5.91 Å². The molecular weight excluding hydrogens is 340 g/mol. The molecule has 1 N–H and O–H groups in total. The molecule has 1 aromatic heterocycles. The normalized spacial score (nSPS) is 15.5. The minimum Gasteiger partial charge on any atom is -0.481 e. The third-order valence-electron chi connectivity index (χ3n) is 3.45. The zero-order valence-electron chi connectivity index (χ0n) is 11.7. The molecule has 1 unspecified atom stereocenters. The molecule has 0 aromatic carbocycles. The molecule has 1 heterocycles. The third-order valence-corrected chi connectivity index (χ3v) is 3.92. The fourth-order valence-electron chi connectivity index (χ4n) is 2.08. The quantitative estimate of drug-likeness (QED) is 0.833. The van der Waals surface area contributed by atoms with Gasteiger partial charge < -0.3 is 14.6 Å². The molecule has 1 amide bonds. The van der Waals surface area contributed by atoms with Crippen molar-refractivity contribution >= 4 is 27.8 Å². The first-order valence-corrected chi connectivity index (χ1v) is 7.56. The Hall–Kier alpha value is -1.63. The van der Waals surface area contributed by atoms with Crippen LogP contribution in [-0.4, -0.2) is 39.0 Å². The Labute approximate surface area is 130 Å². The molecule has 0 radical (unpaired) electrons. The van der Waals surface area contributed by atoms with Crippen molar-refractivity contribution in [2.24, 2.45) is 5.92 Å². The summed E-state index contributed by atoms with van der Waals surface area (Å²) in [5.74, 6) is -1.76. The predicted octanol–water partition coefficient (Wildman–Crippen LogP) is 1.32. The Morgan fingerprint density at radius 1 is 1.48 bits per heavy atom. The van der Waals surface area contributed by atoms with Gasteiger partial charge in [0.15, 0.2) is 0 Å². The highest BCUT2D eigenvalue weighted by atomic mass is 79.9. The maximum Gasteiger partial charge on any atom is 0.308 e. The summed E-state index contributed by atoms with van der Waals surface area (Å²) in [5, 5.41) is 8.99. The number of carbonyl (C=O) groups is 2. The Balaban J connectivity index is 2.10. The summed E-state index contributed by atoms with van der Waals surface area (Å²) in [6, 6.07) is 3.12. The van der Waals surface area contributed by atoms with Crippen LogP contribution in [0.15, 0.2) is 27.6 Å². The van der Waals surface area contributed by atoms with Gasteiger partial charge in [-0.25, -0.2) is 0 Å². The molecule has 1 saturated carbocycles. The standard InChI is InChI=1S/C14H17BrN2O4/c1-9(14(20)21)6-17(11-3-4-11)13(19)8-16-7-10(15)2-5-12(16)18/h2,5,7,9,11H,3-4,6,8H2,1H3,(H,20,21). The number of hydrogen-bond donors (Lipinski definition) is 1. The molecule has 2 rings (SSSR count). The molecular formula is C14H17BrN2O4. The fourth-order valence-corrected chi connectivity index (χ4v) is 2.46. The molecule has 7 heteroatoms. The van der Waals surface area contributed by atoms with E-state index in [2.05, 4.69) is 15.9 Å². The van der Waals surface area contributed by atoms with Crippen LogP contribution in [-0.2, 0) is 16.1 Å². The van der Waals surface area contributed by atoms with Crippen molar-refractivity contribution in [1.82, 2.24) is 9.47 Å². The van der Waals surface area contributed by atoms with Crippen molar-refractivity contribution in [2.45, 2.75) is 32.4 Å². The molecule has 0 aliphatic heterocycles. The number of nitrogens with zero attached hydrogens (tertiary/aromatic N) is 2. The molecule has 114 valence electrons. The van der Waals surface area contributed by atoms with E-state index < -0.39 is 11.9 Å². The first-order chi connectivity index (χ1) is 9.88. The Morgan fingerprint density at radius 2 is 2.14 bits per heavy atom. The first kappa shape index (κ1) is 15.8. The van der Waals surface area contributed by atoms with Crippen molar-refractivity contribution < 1.29 is 14.7 Å². The second-order valence-electron chi connectivity index (χ2n) is 5.33. The molecule has 6 nitrogen and oxygen atoms in total. The Kier molecular flexibility index (Phi) is 4.82. The molecule has 0 saturated heterocycles. The van der Waals surface area contributed by atoms with Gasteiger partial charge in [0, 0.05) is 29.3 Å². The van der Waals surface area contributed by atoms with E-state index >= 15 is 0 Å². The summed E-state index contributed by atoms with van der Waals surface area (Å²) in [6.45, 7) is 1.69. The number of rotatable bonds is 6. The van der Waals surface area contributed by atoms with Crippen LogP contribution in [0.25, 0.3) is 0 Å². The molecule has 1 aliphatic rings. The van der Waals surface area contributed by atoms with Crippen LogP contribution in [0.3, 0.4) is 0 Å². The number of aliphatic carboxylic acids is 1. The molecule has 1 aromatic rings. The minimum atomic E-state index is -0.923. The lowest BCUT2D eigenvalue weighted by Gasteiger charge is -2.24. The Morgan fingerprint density at radius 3 is 2.71 bits per heavy atom. The van der Waals surface area contributed by atoms with Crippen molar-refractivity contribution in [3.63, 3.8) is 0 Å². The lowest BCUT2D eigenvalue weighted by atomic mass is 10.1. The number of aromatic nitrogens is 1. The van der Waals surface area contributed by atoms with E-state index in [1.54, 1.807) is 24.1 Å².